The van der Waals surface area contributed by atoms with E-state index in [1.165, 1.54) is 12.8 Å². The molecule has 0 saturated carbocycles. The summed E-state index contributed by atoms with van der Waals surface area (Å²) >= 11 is 0. The van der Waals surface area contributed by atoms with Gasteiger partial charge in [0.05, 0.1) is 24.5 Å². The molecule has 0 spiro atoms. The Morgan fingerprint density at radius 1 is 1.15 bits per heavy atom. The van der Waals surface area contributed by atoms with Crippen molar-refractivity contribution in [2.24, 2.45) is 22.7 Å². The molecule has 1 aromatic rings. The second-order valence-corrected chi connectivity index (χ2v) is 10.4. The van der Waals surface area contributed by atoms with E-state index < -0.39 is 11.5 Å². The number of hydrogen-bond acceptors (Lipinski definition) is 5. The molecule has 0 saturated heterocycles. The summed E-state index contributed by atoms with van der Waals surface area (Å²) in [5.74, 6) is 1.76. The summed E-state index contributed by atoms with van der Waals surface area (Å²) < 4.78 is 12.1. The lowest BCUT2D eigenvalue weighted by molar-refractivity contribution is 0.0116. The van der Waals surface area contributed by atoms with E-state index in [1.807, 2.05) is 51.1 Å². The number of ketones is 1. The van der Waals surface area contributed by atoms with Crippen molar-refractivity contribution in [3.05, 3.63) is 65.1 Å². The molecule has 0 bridgehead atoms. The minimum Gasteiger partial charge on any atom is -0.493 e. The van der Waals surface area contributed by atoms with Crippen LogP contribution in [-0.4, -0.2) is 29.8 Å². The average Bonchev–Trinajstić information content (AvgIpc) is 3.14. The monoisotopic (exact) mass is 537 g/mol. The Morgan fingerprint density at radius 3 is 2.62 bits per heavy atom. The molecule has 4 atom stereocenters. The molecule has 3 aliphatic rings. The lowest BCUT2D eigenvalue weighted by Crippen LogP contribution is -2.43. The molecule has 0 radical (unpaired) electrons. The third-order valence-electron chi connectivity index (χ3n) is 7.86. The van der Waals surface area contributed by atoms with Gasteiger partial charge in [0, 0.05) is 29.5 Å². The first-order valence-corrected chi connectivity index (χ1v) is 14.7. The van der Waals surface area contributed by atoms with Crippen LogP contribution < -0.4 is 4.74 Å². The molecule has 1 aliphatic heterocycles. The van der Waals surface area contributed by atoms with E-state index in [0.717, 1.165) is 42.9 Å². The fourth-order valence-corrected chi connectivity index (χ4v) is 5.52. The number of Topliss-reactive ketones (excluding diaryl/α,β-unsaturated/α-hetero) is 1. The molecule has 216 valence electrons. The Labute approximate surface area is 237 Å². The second kappa shape index (κ2) is 15.2. The maximum absolute atomic E-state index is 13.2. The number of benzene rings is 1. The zero-order chi connectivity index (χ0) is 27.7. The van der Waals surface area contributed by atoms with E-state index in [0.29, 0.717) is 36.0 Å². The molecule has 39 heavy (non-hydrogen) atoms. The van der Waals surface area contributed by atoms with Crippen LogP contribution in [0.15, 0.2) is 59.0 Å². The van der Waals surface area contributed by atoms with E-state index in [9.17, 15) is 9.90 Å². The van der Waals surface area contributed by atoms with E-state index in [4.69, 9.17) is 14.5 Å². The largest absolute Gasteiger partial charge is 0.493 e. The molecular weight excluding hydrogens is 486 g/mol. The quantitative estimate of drug-likeness (QED) is 0.324. The Bertz CT molecular complexity index is 1080. The van der Waals surface area contributed by atoms with E-state index in [1.54, 1.807) is 6.92 Å². The summed E-state index contributed by atoms with van der Waals surface area (Å²) in [6.45, 7) is 13.4. The fraction of sp³-hybridized carbons (Fsp3) is 0.588. The van der Waals surface area contributed by atoms with Crippen molar-refractivity contribution >= 4 is 11.5 Å². The van der Waals surface area contributed by atoms with Crippen LogP contribution in [0.1, 0.15) is 110 Å². The first-order chi connectivity index (χ1) is 18.4. The maximum Gasteiger partial charge on any atom is 0.164 e. The number of hydrogen-bond donors (Lipinski definition) is 1. The minimum atomic E-state index is -1.25. The predicted molar refractivity (Wildman–Crippen MR) is 162 cm³/mol. The van der Waals surface area contributed by atoms with Gasteiger partial charge in [-0.2, -0.15) is 0 Å². The van der Waals surface area contributed by atoms with Crippen molar-refractivity contribution in [3.8, 4) is 5.75 Å². The normalized spacial score (nSPS) is 24.3. The summed E-state index contributed by atoms with van der Waals surface area (Å²) in [5.41, 5.74) is 1.58. The molecular formula is C34H51NO4. The molecule has 1 N–H and O–H groups in total. The van der Waals surface area contributed by atoms with Gasteiger partial charge in [-0.05, 0) is 74.9 Å². The van der Waals surface area contributed by atoms with Gasteiger partial charge in [-0.15, -0.1) is 0 Å². The van der Waals surface area contributed by atoms with Crippen LogP contribution in [0.3, 0.4) is 0 Å². The van der Waals surface area contributed by atoms with Gasteiger partial charge in [0.15, 0.2) is 5.78 Å². The fourth-order valence-electron chi connectivity index (χ4n) is 5.52. The molecule has 4 rings (SSSR count). The van der Waals surface area contributed by atoms with Crippen molar-refractivity contribution in [2.75, 3.05) is 13.2 Å². The molecule has 1 heterocycles. The van der Waals surface area contributed by atoms with Gasteiger partial charge < -0.3 is 14.6 Å². The highest BCUT2D eigenvalue weighted by molar-refractivity contribution is 6.07. The lowest BCUT2D eigenvalue weighted by atomic mass is 9.69. The molecule has 2 aliphatic carbocycles. The van der Waals surface area contributed by atoms with Crippen molar-refractivity contribution in [3.63, 3.8) is 0 Å². The number of nitrogens with zero attached hydrogens (tertiary/aromatic N) is 1. The molecule has 5 nitrogen and oxygen atoms in total. The van der Waals surface area contributed by atoms with Gasteiger partial charge in [0.1, 0.15) is 11.5 Å². The summed E-state index contributed by atoms with van der Waals surface area (Å²) in [4.78, 5) is 18.2. The van der Waals surface area contributed by atoms with Crippen LogP contribution in [0.4, 0.5) is 0 Å². The van der Waals surface area contributed by atoms with Crippen LogP contribution in [0.2, 0.25) is 0 Å². The van der Waals surface area contributed by atoms with Crippen molar-refractivity contribution in [2.45, 2.75) is 99.5 Å². The van der Waals surface area contributed by atoms with E-state index in [-0.39, 0.29) is 25.5 Å². The number of rotatable bonds is 10. The lowest BCUT2D eigenvalue weighted by Gasteiger charge is -2.39. The number of carbonyl (C=O) groups is 1. The smallest absolute Gasteiger partial charge is 0.164 e. The Kier molecular flexibility index (Phi) is 12.7. The highest BCUT2D eigenvalue weighted by Gasteiger charge is 2.45. The summed E-state index contributed by atoms with van der Waals surface area (Å²) in [7, 11) is 0. The van der Waals surface area contributed by atoms with Crippen molar-refractivity contribution in [1.82, 2.24) is 0 Å². The van der Waals surface area contributed by atoms with Crippen LogP contribution >= 0.6 is 0 Å². The number of unbranched alkanes of at least 4 members (excludes halogenated alkanes) is 1. The molecule has 0 amide bonds. The van der Waals surface area contributed by atoms with E-state index in [2.05, 4.69) is 26.0 Å². The third kappa shape index (κ3) is 7.51. The molecule has 0 fully saturated rings. The van der Waals surface area contributed by atoms with Gasteiger partial charge in [0.2, 0.25) is 0 Å². The first-order valence-electron chi connectivity index (χ1n) is 14.7. The molecule has 4 unspecified atom stereocenters. The van der Waals surface area contributed by atoms with Gasteiger partial charge in [-0.3, -0.25) is 9.79 Å². The van der Waals surface area contributed by atoms with Crippen molar-refractivity contribution in [1.29, 1.82) is 0 Å². The molecule has 5 heteroatoms. The first kappa shape index (κ1) is 32.6. The number of ether oxygens (including phenoxy) is 2. The van der Waals surface area contributed by atoms with Crippen LogP contribution in [0.25, 0.3) is 0 Å². The number of allylic oxidation sites excluding steroid dienone is 4. The number of dihydropyridines is 1. The van der Waals surface area contributed by atoms with Crippen LogP contribution in [-0.2, 0) is 10.3 Å². The highest BCUT2D eigenvalue weighted by Crippen LogP contribution is 2.44. The summed E-state index contributed by atoms with van der Waals surface area (Å²) in [6, 6.07) is 5.53. The van der Waals surface area contributed by atoms with Gasteiger partial charge >= 0.3 is 0 Å². The zero-order valence-corrected chi connectivity index (χ0v) is 24.3. The van der Waals surface area contributed by atoms with Gasteiger partial charge in [-0.1, -0.05) is 66.5 Å². The number of fused-ring (bicyclic) bond motifs is 2. The third-order valence-corrected chi connectivity index (χ3v) is 7.86. The minimum absolute atomic E-state index is 0. The molecule has 1 aromatic carbocycles. The summed E-state index contributed by atoms with van der Waals surface area (Å²) in [6.07, 6.45) is 15.0. The van der Waals surface area contributed by atoms with Crippen molar-refractivity contribution < 1.29 is 19.4 Å². The predicted octanol–water partition coefficient (Wildman–Crippen LogP) is 8.58. The van der Waals surface area contributed by atoms with Gasteiger partial charge in [0.25, 0.3) is 0 Å². The van der Waals surface area contributed by atoms with Gasteiger partial charge in [-0.25, -0.2) is 0 Å². The second-order valence-electron chi connectivity index (χ2n) is 10.4. The van der Waals surface area contributed by atoms with E-state index >= 15 is 0 Å². The number of carbonyl (C=O) groups excluding carboxylic acids is 1. The molecule has 0 aromatic heterocycles. The number of aliphatic imine (C=N–C) groups is 1. The highest BCUT2D eigenvalue weighted by atomic mass is 16.5. The Hall–Kier alpha value is -2.66. The van der Waals surface area contributed by atoms with Crippen LogP contribution in [0, 0.1) is 17.8 Å². The maximum atomic E-state index is 13.2. The summed E-state index contributed by atoms with van der Waals surface area (Å²) in [5, 5.41) is 11.9. The Morgan fingerprint density at radius 2 is 1.92 bits per heavy atom. The standard InChI is InChI=1S/C31H41NO4.C2H6.CH4/c1-5-8-11-21(6-2)20-36-23-15-16-24-25(18-23)31(4,34)26(19-28(24)33)27-17-14-22-12-9-10-13-29(35-7-3)30(22)32-27;1-2;/h10,13-18,21-22,26,34H,5-9,11-12,19-20H2,1-4H3;1-2H3;1H4. The SMILES string of the molecule is C.CC.CCCCC(CC)COc1ccc2c(c1)C(C)(O)C(C1=NC3=C(OCC)C=CCCC3C=C1)CC2=O. The number of aliphatic hydroxyl groups is 1. The Balaban J connectivity index is 0.00000174. The topological polar surface area (TPSA) is 68.1 Å². The average molecular weight is 538 g/mol. The van der Waals surface area contributed by atoms with Crippen LogP contribution in [0.5, 0.6) is 5.75 Å². The zero-order valence-electron chi connectivity index (χ0n) is 24.3.